The van der Waals surface area contributed by atoms with Gasteiger partial charge in [-0.05, 0) is 168 Å². The van der Waals surface area contributed by atoms with Crippen LogP contribution in [0, 0.1) is 0 Å². The molecule has 3 saturated carbocycles. The number of carbonyl (C=O) groups excluding carboxylic acids is 3. The van der Waals surface area contributed by atoms with Crippen LogP contribution in [0.15, 0.2) is 236 Å². The van der Waals surface area contributed by atoms with Crippen LogP contribution >= 0.6 is 0 Å². The van der Waals surface area contributed by atoms with Crippen molar-refractivity contribution in [1.29, 1.82) is 0 Å². The molecule has 0 unspecified atom stereocenters. The summed E-state index contributed by atoms with van der Waals surface area (Å²) in [6.45, 7) is 5.44. The molecular formula is C94H98F2N20O7. The minimum Gasteiger partial charge on any atom is -0.457 e. The highest BCUT2D eigenvalue weighted by Crippen LogP contribution is 2.49. The van der Waals surface area contributed by atoms with Crippen LogP contribution < -0.4 is 37.1 Å². The smallest absolute Gasteiger partial charge is 0.279 e. The molecule has 10 heterocycles. The van der Waals surface area contributed by atoms with E-state index in [1.54, 1.807) is 64.4 Å². The third kappa shape index (κ3) is 18.2. The van der Waals surface area contributed by atoms with E-state index in [1.807, 2.05) is 172 Å². The van der Waals surface area contributed by atoms with Crippen molar-refractivity contribution < 1.29 is 41.8 Å². The zero-order valence-electron chi connectivity index (χ0n) is 68.8. The van der Waals surface area contributed by atoms with Crippen molar-refractivity contribution in [1.82, 2.24) is 78.0 Å². The fourth-order valence-electron chi connectivity index (χ4n) is 16.9. The molecule has 27 nitrogen and oxygen atoms in total. The number of carbonyl (C=O) groups is 3. The van der Waals surface area contributed by atoms with Crippen molar-refractivity contribution >= 4 is 74.1 Å². The molecule has 630 valence electrons. The van der Waals surface area contributed by atoms with Gasteiger partial charge in [-0.2, -0.15) is 0 Å². The topological polar surface area (TPSA) is 321 Å². The number of benzene rings is 6. The van der Waals surface area contributed by atoms with Gasteiger partial charge < -0.3 is 70.0 Å². The van der Waals surface area contributed by atoms with E-state index >= 15 is 0 Å². The summed E-state index contributed by atoms with van der Waals surface area (Å²) in [5.41, 5.74) is 32.5. The number of anilines is 4. The summed E-state index contributed by atoms with van der Waals surface area (Å²) < 4.78 is 59.3. The zero-order chi connectivity index (χ0) is 84.8. The van der Waals surface area contributed by atoms with E-state index in [-0.39, 0.29) is 47.4 Å². The second-order valence-electron chi connectivity index (χ2n) is 32.1. The number of likely N-dealkylation sites (N-methyl/N-ethyl adjacent to an activating group) is 3. The summed E-state index contributed by atoms with van der Waals surface area (Å²) in [6.07, 6.45) is 24.9. The van der Waals surface area contributed by atoms with E-state index in [9.17, 15) is 23.2 Å². The van der Waals surface area contributed by atoms with Crippen LogP contribution in [0.5, 0.6) is 34.5 Å². The molecule has 3 atom stereocenters. The maximum absolute atomic E-state index is 14.9. The number of amides is 3. The first-order valence-corrected chi connectivity index (χ1v) is 41.8. The molecule has 3 aliphatic heterocycles. The number of nitrogens with zero attached hydrogens (tertiary/aromatic N) is 16. The van der Waals surface area contributed by atoms with Gasteiger partial charge in [-0.1, -0.05) is 109 Å². The molecule has 123 heavy (non-hydrogen) atoms. The molecule has 0 radical (unpaired) electrons. The van der Waals surface area contributed by atoms with E-state index in [0.29, 0.717) is 144 Å². The largest absolute Gasteiger partial charge is 0.457 e. The maximum atomic E-state index is 14.9. The van der Waals surface area contributed by atoms with Crippen LogP contribution in [0.4, 0.5) is 32.1 Å². The summed E-state index contributed by atoms with van der Waals surface area (Å²) in [6, 6.07) is 52.7. The number of rotatable bonds is 26. The quantitative estimate of drug-likeness (QED) is 0.0366. The van der Waals surface area contributed by atoms with E-state index in [1.165, 1.54) is 57.5 Å². The molecule has 6 fully saturated rings. The Bertz CT molecular complexity index is 6000. The Morgan fingerprint density at radius 2 is 0.756 bits per heavy atom. The standard InChI is InChI=1S/C33H33N7O3.C31H32F2N6O2.C30H33N7O2/c1-38(23-11-12-23)17-5-8-27(41)39-18-15-24(20-39)40-30(33-35-16-19-42-33)28(29-31(34)36-21-37-32(29)40)22-9-13-26(14-10-22)43-25-6-3-2-4-7-25;1-37(21-11-12-21)16-5-8-25(40)38-17-15-22(18-38)39-28(29(32)33)26(27-30(34)35-19-36-31(27)39)20-9-13-24(14-10-20)41-23-6-3-2-4-7-23;1-35(21-11-12-21)16-5-8-25(38)36-17-15-22(18-36)37-29(32)26(27-28(31)33-19-34-30(27)37)20-9-13-24(14-10-20)39-23-6-3-2-4-7-23/h2-10,13-14,16,19,21,23-24H,11-12,15,17-18,20H2,1H3,(H2,34,36,37);2-10,13-14,19,21-22,29H,11-12,15-18H2,1H3,(H2,34,35,36);2-10,13-14,19,21-22H,11-12,15-18,32H2,1H3,(H2,31,33,34)/b3*8-5+/t24-;2*22-/m111/s1. The van der Waals surface area contributed by atoms with E-state index in [2.05, 4.69) is 70.3 Å². The lowest BCUT2D eigenvalue weighted by atomic mass is 10.0. The Hall–Kier alpha value is -13.6. The van der Waals surface area contributed by atoms with Crippen LogP contribution in [0.2, 0.25) is 0 Å². The summed E-state index contributed by atoms with van der Waals surface area (Å²) >= 11 is 0. The van der Waals surface area contributed by atoms with Crippen LogP contribution in [-0.2, 0) is 14.4 Å². The van der Waals surface area contributed by atoms with Gasteiger partial charge in [0.2, 0.25) is 23.6 Å². The average Bonchev–Trinajstić information content (AvgIpc) is 1.58. The third-order valence-corrected chi connectivity index (χ3v) is 23.7. The first-order valence-electron chi connectivity index (χ1n) is 41.8. The Morgan fingerprint density at radius 1 is 0.423 bits per heavy atom. The fourth-order valence-corrected chi connectivity index (χ4v) is 16.9. The molecular weight excluding hydrogens is 1560 g/mol. The SMILES string of the molecule is CN(C/C=C/C(=O)N1CC[C@@H](n2c(-c3ncco3)c(-c3ccc(Oc4ccccc4)cc3)c3c(N)ncnc32)C1)C1CC1.CN(C/C=C/C(=O)N1CC[C@@H](n2c(C(F)F)c(-c3ccc(Oc4ccccc4)cc3)c3c(N)ncnc32)C1)C1CC1.CN(C/C=C/C(=O)N1CC[C@@H](n2c(N)c(-c3ccc(Oc4ccccc4)cc3)c3c(N)ncnc32)C1)C1CC1. The lowest BCUT2D eigenvalue weighted by molar-refractivity contribution is -0.125. The summed E-state index contributed by atoms with van der Waals surface area (Å²) in [4.78, 5) is 82.1. The summed E-state index contributed by atoms with van der Waals surface area (Å²) in [5, 5.41) is 1.83. The number of para-hydroxylation sites is 3. The number of likely N-dealkylation sites (tertiary alicyclic amines) is 3. The molecule has 29 heteroatoms. The lowest BCUT2D eigenvalue weighted by Crippen LogP contribution is -2.28. The van der Waals surface area contributed by atoms with Crippen LogP contribution in [0.25, 0.3) is 78.1 Å². The van der Waals surface area contributed by atoms with Crippen molar-refractivity contribution in [2.24, 2.45) is 0 Å². The van der Waals surface area contributed by atoms with Crippen molar-refractivity contribution in [3.8, 4) is 79.5 Å². The van der Waals surface area contributed by atoms with Crippen molar-refractivity contribution in [2.45, 2.75) is 100 Å². The minimum atomic E-state index is -2.80. The molecule has 13 aromatic rings. The van der Waals surface area contributed by atoms with Gasteiger partial charge in [0, 0.05) is 112 Å². The molecule has 3 aliphatic carbocycles. The fraction of sp³-hybridized carbons (Fsp3) is 0.298. The number of halogens is 2. The van der Waals surface area contributed by atoms with Crippen LogP contribution in [0.1, 0.15) is 88.0 Å². The predicted octanol–water partition coefficient (Wildman–Crippen LogP) is 15.9. The van der Waals surface area contributed by atoms with Gasteiger partial charge >= 0.3 is 0 Å². The molecule has 8 N–H and O–H groups in total. The van der Waals surface area contributed by atoms with Crippen molar-refractivity contribution in [2.75, 3.05) is 103 Å². The molecule has 3 saturated heterocycles. The Morgan fingerprint density at radius 3 is 1.13 bits per heavy atom. The van der Waals surface area contributed by atoms with Gasteiger partial charge in [0.15, 0.2) is 0 Å². The molecule has 7 aromatic heterocycles. The average molecular weight is 1660 g/mol. The number of hydrogen-bond acceptors (Lipinski definition) is 21. The Labute approximate surface area is 710 Å². The van der Waals surface area contributed by atoms with Gasteiger partial charge in [0.1, 0.15) is 106 Å². The first kappa shape index (κ1) is 81.7. The van der Waals surface area contributed by atoms with Crippen LogP contribution in [-0.4, -0.2) is 194 Å². The number of nitrogens with two attached hydrogens (primary N) is 4. The number of aromatic nitrogens is 10. The number of oxazole rings is 1. The van der Waals surface area contributed by atoms with Crippen molar-refractivity contribution in [3.63, 3.8) is 0 Å². The summed E-state index contributed by atoms with van der Waals surface area (Å²) in [5.74, 6) is 6.02. The van der Waals surface area contributed by atoms with Gasteiger partial charge in [-0.15, -0.1) is 0 Å². The molecule has 0 spiro atoms. The number of nitrogen functional groups attached to an aromatic ring is 4. The minimum absolute atomic E-state index is 0.0114. The highest BCUT2D eigenvalue weighted by Gasteiger charge is 2.39. The van der Waals surface area contributed by atoms with E-state index < -0.39 is 6.43 Å². The normalized spacial score (nSPS) is 17.3. The summed E-state index contributed by atoms with van der Waals surface area (Å²) in [7, 11) is 6.26. The second-order valence-corrected chi connectivity index (χ2v) is 32.1. The highest BCUT2D eigenvalue weighted by molar-refractivity contribution is 6.08. The number of fused-ring (bicyclic) bond motifs is 3. The maximum Gasteiger partial charge on any atom is 0.279 e. The molecule has 19 rings (SSSR count). The molecule has 6 aromatic carbocycles. The first-order chi connectivity index (χ1) is 60.0. The van der Waals surface area contributed by atoms with Gasteiger partial charge in [0.25, 0.3) is 6.43 Å². The van der Waals surface area contributed by atoms with E-state index in [0.717, 1.165) is 81.9 Å². The number of hydrogen-bond donors (Lipinski definition) is 4. The van der Waals surface area contributed by atoms with E-state index in [4.69, 9.17) is 46.5 Å². The third-order valence-electron chi connectivity index (χ3n) is 23.7. The predicted molar refractivity (Wildman–Crippen MR) is 472 cm³/mol. The Kier molecular flexibility index (Phi) is 24.1. The monoisotopic (exact) mass is 1660 g/mol. The zero-order valence-corrected chi connectivity index (χ0v) is 68.8. The van der Waals surface area contributed by atoms with Gasteiger partial charge in [-0.25, -0.2) is 43.7 Å². The van der Waals surface area contributed by atoms with Gasteiger partial charge in [-0.3, -0.25) is 29.1 Å². The Balaban J connectivity index is 0.000000131. The lowest BCUT2D eigenvalue weighted by Gasteiger charge is -2.19. The number of alkyl halides is 2. The van der Waals surface area contributed by atoms with Crippen LogP contribution in [0.3, 0.4) is 0 Å². The van der Waals surface area contributed by atoms with Gasteiger partial charge in [0.05, 0.1) is 46.2 Å². The molecule has 6 aliphatic rings. The molecule has 3 amide bonds. The highest BCUT2D eigenvalue weighted by atomic mass is 19.3. The molecule has 0 bridgehead atoms. The number of ether oxygens (including phenoxy) is 3. The van der Waals surface area contributed by atoms with Crippen molar-refractivity contribution in [3.05, 3.63) is 237 Å². The second kappa shape index (κ2) is 36.4.